The highest BCUT2D eigenvalue weighted by Gasteiger charge is 2.16. The first-order valence-corrected chi connectivity index (χ1v) is 7.24. The van der Waals surface area contributed by atoms with Gasteiger partial charge >= 0.3 is 10.1 Å². The number of benzene rings is 2. The molecule has 0 aliphatic heterocycles. The zero-order chi connectivity index (χ0) is 14.6. The predicted octanol–water partition coefficient (Wildman–Crippen LogP) is 1.65. The van der Waals surface area contributed by atoms with Crippen LogP contribution in [-0.4, -0.2) is 14.7 Å². The Morgan fingerprint density at radius 3 is 2.15 bits per heavy atom. The third-order valence-electron chi connectivity index (χ3n) is 2.65. The lowest BCUT2D eigenvalue weighted by Gasteiger charge is -2.08. The summed E-state index contributed by atoms with van der Waals surface area (Å²) in [5, 5.41) is 0. The number of rotatable bonds is 5. The van der Waals surface area contributed by atoms with E-state index in [1.807, 2.05) is 0 Å². The highest BCUT2D eigenvalue weighted by molar-refractivity contribution is 7.87. The molecule has 0 aromatic heterocycles. The lowest BCUT2D eigenvalue weighted by atomic mass is 10.1. The van der Waals surface area contributed by atoms with Gasteiger partial charge in [-0.1, -0.05) is 30.3 Å². The van der Waals surface area contributed by atoms with Gasteiger partial charge in [-0.25, -0.2) is 0 Å². The predicted molar refractivity (Wildman–Crippen MR) is 73.7 cm³/mol. The molecule has 0 aliphatic rings. The van der Waals surface area contributed by atoms with Crippen LogP contribution in [-0.2, 0) is 14.9 Å². The molecule has 20 heavy (non-hydrogen) atoms. The van der Waals surface area contributed by atoms with Crippen molar-refractivity contribution in [3.05, 3.63) is 60.2 Å². The Balaban J connectivity index is 2.20. The van der Waals surface area contributed by atoms with Crippen LogP contribution in [0.25, 0.3) is 0 Å². The third-order valence-corrected chi connectivity index (χ3v) is 3.91. The fourth-order valence-corrected chi connectivity index (χ4v) is 2.54. The van der Waals surface area contributed by atoms with Gasteiger partial charge in [0.1, 0.15) is 16.9 Å². The fourth-order valence-electron chi connectivity index (χ4n) is 1.59. The minimum atomic E-state index is -3.85. The van der Waals surface area contributed by atoms with E-state index in [9.17, 15) is 13.2 Å². The molecular weight excluding hydrogens is 278 g/mol. The SMILES string of the molecule is NC(C=O)c1ccc(OS(=O)(=O)c2ccccc2)cc1. The van der Waals surface area contributed by atoms with Gasteiger partial charge in [-0.05, 0) is 29.8 Å². The quantitative estimate of drug-likeness (QED) is 0.668. The van der Waals surface area contributed by atoms with Crippen LogP contribution in [0.15, 0.2) is 59.5 Å². The topological polar surface area (TPSA) is 86.5 Å². The summed E-state index contributed by atoms with van der Waals surface area (Å²) in [6, 6.07) is 13.1. The molecule has 1 unspecified atom stereocenters. The second-order valence-corrected chi connectivity index (χ2v) is 5.63. The lowest BCUT2D eigenvalue weighted by molar-refractivity contribution is -0.109. The van der Waals surface area contributed by atoms with E-state index in [-0.39, 0.29) is 10.6 Å². The molecule has 1 atom stereocenters. The van der Waals surface area contributed by atoms with Crippen LogP contribution in [0.4, 0.5) is 0 Å². The molecular formula is C14H13NO4S. The van der Waals surface area contributed by atoms with Crippen molar-refractivity contribution in [2.45, 2.75) is 10.9 Å². The second-order valence-electron chi connectivity index (χ2n) is 4.08. The van der Waals surface area contributed by atoms with E-state index < -0.39 is 16.2 Å². The van der Waals surface area contributed by atoms with Gasteiger partial charge in [0.15, 0.2) is 0 Å². The Hall–Kier alpha value is -2.18. The average Bonchev–Trinajstić information content (AvgIpc) is 2.48. The smallest absolute Gasteiger partial charge is 0.339 e. The molecule has 104 valence electrons. The van der Waals surface area contributed by atoms with Crippen molar-refractivity contribution in [1.29, 1.82) is 0 Å². The van der Waals surface area contributed by atoms with E-state index in [2.05, 4.69) is 0 Å². The maximum absolute atomic E-state index is 12.0. The fraction of sp³-hybridized carbons (Fsp3) is 0.0714. The highest BCUT2D eigenvalue weighted by atomic mass is 32.2. The average molecular weight is 291 g/mol. The van der Waals surface area contributed by atoms with Crippen molar-refractivity contribution in [3.63, 3.8) is 0 Å². The Kier molecular flexibility index (Phi) is 4.16. The number of hydrogen-bond acceptors (Lipinski definition) is 5. The summed E-state index contributed by atoms with van der Waals surface area (Å²) in [7, 11) is -3.85. The second kappa shape index (κ2) is 5.85. The number of carbonyl (C=O) groups excluding carboxylic acids is 1. The van der Waals surface area contributed by atoms with E-state index in [0.29, 0.717) is 11.8 Å². The molecule has 2 N–H and O–H groups in total. The number of hydrogen-bond donors (Lipinski definition) is 1. The van der Waals surface area contributed by atoms with Gasteiger partial charge in [-0.2, -0.15) is 8.42 Å². The standard InChI is InChI=1S/C14H13NO4S/c15-14(10-16)11-6-8-12(9-7-11)19-20(17,18)13-4-2-1-3-5-13/h1-10,14H,15H2. The van der Waals surface area contributed by atoms with Crippen molar-refractivity contribution >= 4 is 16.4 Å². The summed E-state index contributed by atoms with van der Waals surface area (Å²) in [5.74, 6) is 0.163. The van der Waals surface area contributed by atoms with Gasteiger partial charge in [0.05, 0.1) is 6.04 Å². The molecule has 0 heterocycles. The normalized spacial score (nSPS) is 12.7. The summed E-state index contributed by atoms with van der Waals surface area (Å²) >= 11 is 0. The Bertz CT molecular complexity index is 681. The first kappa shape index (κ1) is 14.2. The van der Waals surface area contributed by atoms with Crippen molar-refractivity contribution in [2.24, 2.45) is 5.73 Å². The van der Waals surface area contributed by atoms with E-state index >= 15 is 0 Å². The molecule has 0 bridgehead atoms. The number of aldehydes is 1. The summed E-state index contributed by atoms with van der Waals surface area (Å²) in [6.07, 6.45) is 0.608. The highest BCUT2D eigenvalue weighted by Crippen LogP contribution is 2.20. The van der Waals surface area contributed by atoms with Crippen LogP contribution in [0, 0.1) is 0 Å². The molecule has 2 rings (SSSR count). The first-order chi connectivity index (χ1) is 9.53. The monoisotopic (exact) mass is 291 g/mol. The largest absolute Gasteiger partial charge is 0.379 e. The Morgan fingerprint density at radius 2 is 1.60 bits per heavy atom. The van der Waals surface area contributed by atoms with Crippen LogP contribution < -0.4 is 9.92 Å². The zero-order valence-corrected chi connectivity index (χ0v) is 11.3. The van der Waals surface area contributed by atoms with Crippen LogP contribution in [0.1, 0.15) is 11.6 Å². The first-order valence-electron chi connectivity index (χ1n) is 5.83. The summed E-state index contributed by atoms with van der Waals surface area (Å²) in [5.41, 5.74) is 6.12. The number of nitrogens with two attached hydrogens (primary N) is 1. The summed E-state index contributed by atoms with van der Waals surface area (Å²) in [4.78, 5) is 10.6. The lowest BCUT2D eigenvalue weighted by Crippen LogP contribution is -2.12. The van der Waals surface area contributed by atoms with Crippen molar-refractivity contribution in [1.82, 2.24) is 0 Å². The van der Waals surface area contributed by atoms with Gasteiger partial charge in [0.25, 0.3) is 0 Å². The molecule has 5 nitrogen and oxygen atoms in total. The van der Waals surface area contributed by atoms with Crippen LogP contribution in [0.5, 0.6) is 5.75 Å². The molecule has 2 aromatic carbocycles. The minimum Gasteiger partial charge on any atom is -0.379 e. The van der Waals surface area contributed by atoms with Crippen molar-refractivity contribution < 1.29 is 17.4 Å². The van der Waals surface area contributed by atoms with Gasteiger partial charge in [-0.3, -0.25) is 0 Å². The van der Waals surface area contributed by atoms with Crippen LogP contribution in [0.2, 0.25) is 0 Å². The molecule has 0 amide bonds. The van der Waals surface area contributed by atoms with Crippen LogP contribution >= 0.6 is 0 Å². The maximum atomic E-state index is 12.0. The van der Waals surface area contributed by atoms with Crippen LogP contribution in [0.3, 0.4) is 0 Å². The Morgan fingerprint density at radius 1 is 1.00 bits per heavy atom. The molecule has 0 aliphatic carbocycles. The van der Waals surface area contributed by atoms with Crippen molar-refractivity contribution in [3.8, 4) is 5.75 Å². The molecule has 0 fully saturated rings. The number of carbonyl (C=O) groups is 1. The zero-order valence-electron chi connectivity index (χ0n) is 10.5. The summed E-state index contributed by atoms with van der Waals surface area (Å²) in [6.45, 7) is 0. The van der Waals surface area contributed by atoms with E-state index in [4.69, 9.17) is 9.92 Å². The van der Waals surface area contributed by atoms with E-state index in [0.717, 1.165) is 0 Å². The molecule has 0 saturated carbocycles. The molecule has 0 spiro atoms. The molecule has 6 heteroatoms. The van der Waals surface area contributed by atoms with E-state index in [1.54, 1.807) is 30.3 Å². The summed E-state index contributed by atoms with van der Waals surface area (Å²) < 4.78 is 28.9. The van der Waals surface area contributed by atoms with Gasteiger partial charge in [0, 0.05) is 0 Å². The van der Waals surface area contributed by atoms with E-state index in [1.165, 1.54) is 24.3 Å². The molecule has 2 aromatic rings. The Labute approximate surface area is 117 Å². The maximum Gasteiger partial charge on any atom is 0.339 e. The van der Waals surface area contributed by atoms with Crippen molar-refractivity contribution in [2.75, 3.05) is 0 Å². The minimum absolute atomic E-state index is 0.0775. The molecule has 0 saturated heterocycles. The van der Waals surface area contributed by atoms with Gasteiger partial charge in [0.2, 0.25) is 0 Å². The van der Waals surface area contributed by atoms with Gasteiger partial charge < -0.3 is 14.7 Å². The third kappa shape index (κ3) is 3.23. The van der Waals surface area contributed by atoms with Gasteiger partial charge in [-0.15, -0.1) is 0 Å². The molecule has 0 radical (unpaired) electrons.